The molecule has 6 heteroatoms. The lowest BCUT2D eigenvalue weighted by Crippen LogP contribution is -2.21. The number of aliphatic hydroxyl groups is 1. The van der Waals surface area contributed by atoms with E-state index in [1.807, 2.05) is 4.68 Å². The Hall–Kier alpha value is -1.20. The van der Waals surface area contributed by atoms with Crippen molar-refractivity contribution in [3.8, 4) is 0 Å². The Morgan fingerprint density at radius 3 is 2.76 bits per heavy atom. The van der Waals surface area contributed by atoms with Crippen molar-refractivity contribution < 1.29 is 5.11 Å². The third-order valence-corrected chi connectivity index (χ3v) is 3.47. The van der Waals surface area contributed by atoms with Crippen LogP contribution in [0.1, 0.15) is 31.7 Å². The van der Waals surface area contributed by atoms with Crippen LogP contribution in [0.3, 0.4) is 0 Å². The molecule has 1 N–H and O–H groups in total. The van der Waals surface area contributed by atoms with Crippen molar-refractivity contribution in [1.82, 2.24) is 19.7 Å². The quantitative estimate of drug-likeness (QED) is 0.843. The summed E-state index contributed by atoms with van der Waals surface area (Å²) in [6.45, 7) is 0. The van der Waals surface area contributed by atoms with Crippen molar-refractivity contribution in [3.63, 3.8) is 0 Å². The summed E-state index contributed by atoms with van der Waals surface area (Å²) in [6, 6.07) is 0.295. The predicted molar refractivity (Wildman–Crippen MR) is 63.8 cm³/mol. The first-order valence-electron chi connectivity index (χ1n) is 5.78. The molecule has 1 fully saturated rings. The molecule has 1 aliphatic rings. The molecule has 0 unspecified atom stereocenters. The minimum atomic E-state index is -0.164. The van der Waals surface area contributed by atoms with Crippen LogP contribution in [0.4, 0.5) is 0 Å². The number of halogens is 1. The Kier molecular flexibility index (Phi) is 2.72. The van der Waals surface area contributed by atoms with Gasteiger partial charge < -0.3 is 5.11 Å². The van der Waals surface area contributed by atoms with E-state index in [-0.39, 0.29) is 6.10 Å². The lowest BCUT2D eigenvalue weighted by atomic mass is 9.93. The van der Waals surface area contributed by atoms with Crippen LogP contribution in [0.15, 0.2) is 12.4 Å². The highest BCUT2D eigenvalue weighted by Crippen LogP contribution is 2.29. The largest absolute Gasteiger partial charge is 0.393 e. The highest BCUT2D eigenvalue weighted by molar-refractivity contribution is 6.29. The first kappa shape index (κ1) is 10.9. The first-order valence-corrected chi connectivity index (χ1v) is 6.15. The average molecular weight is 253 g/mol. The lowest BCUT2D eigenvalue weighted by Gasteiger charge is -2.25. The normalized spacial score (nSPS) is 25.3. The van der Waals surface area contributed by atoms with Crippen LogP contribution in [0.5, 0.6) is 0 Å². The van der Waals surface area contributed by atoms with Gasteiger partial charge in [-0.05, 0) is 25.7 Å². The molecule has 3 rings (SSSR count). The maximum Gasteiger partial charge on any atom is 0.178 e. The van der Waals surface area contributed by atoms with Crippen molar-refractivity contribution in [3.05, 3.63) is 17.5 Å². The zero-order valence-electron chi connectivity index (χ0n) is 9.25. The zero-order chi connectivity index (χ0) is 11.8. The maximum absolute atomic E-state index is 9.50. The van der Waals surface area contributed by atoms with E-state index < -0.39 is 0 Å². The van der Waals surface area contributed by atoms with Gasteiger partial charge in [0.1, 0.15) is 10.7 Å². The molecule has 90 valence electrons. The van der Waals surface area contributed by atoms with Crippen molar-refractivity contribution in [2.45, 2.75) is 37.8 Å². The van der Waals surface area contributed by atoms with E-state index in [9.17, 15) is 5.11 Å². The topological polar surface area (TPSA) is 63.8 Å². The molecule has 2 heterocycles. The molecule has 2 aromatic rings. The Bertz CT molecular complexity index is 533. The summed E-state index contributed by atoms with van der Waals surface area (Å²) in [5.74, 6) is 0. The van der Waals surface area contributed by atoms with Gasteiger partial charge in [-0.3, -0.25) is 0 Å². The van der Waals surface area contributed by atoms with E-state index in [1.54, 1.807) is 6.20 Å². The van der Waals surface area contributed by atoms with Crippen molar-refractivity contribution >= 4 is 22.8 Å². The monoisotopic (exact) mass is 252 g/mol. The molecule has 0 spiro atoms. The molecule has 0 radical (unpaired) electrons. The van der Waals surface area contributed by atoms with Gasteiger partial charge in [0.05, 0.1) is 24.5 Å². The van der Waals surface area contributed by atoms with Crippen LogP contribution < -0.4 is 0 Å². The first-order chi connectivity index (χ1) is 8.24. The average Bonchev–Trinajstić information content (AvgIpc) is 2.73. The van der Waals surface area contributed by atoms with Gasteiger partial charge in [0.15, 0.2) is 5.65 Å². The van der Waals surface area contributed by atoms with Crippen LogP contribution in [0, 0.1) is 0 Å². The van der Waals surface area contributed by atoms with Gasteiger partial charge in [0.25, 0.3) is 0 Å². The SMILES string of the molecule is O[C@H]1CC[C@@H](n2ncc3ncc(Cl)nc32)CC1. The predicted octanol–water partition coefficient (Wildman–Crippen LogP) is 1.96. The molecule has 17 heavy (non-hydrogen) atoms. The summed E-state index contributed by atoms with van der Waals surface area (Å²) >= 11 is 5.85. The highest BCUT2D eigenvalue weighted by atomic mass is 35.5. The van der Waals surface area contributed by atoms with E-state index in [0.29, 0.717) is 11.2 Å². The fourth-order valence-electron chi connectivity index (χ4n) is 2.37. The number of hydrogen-bond acceptors (Lipinski definition) is 4. The van der Waals surface area contributed by atoms with Gasteiger partial charge in [-0.2, -0.15) is 5.10 Å². The molecule has 0 atom stereocenters. The number of hydrogen-bond donors (Lipinski definition) is 1. The Balaban J connectivity index is 1.97. The molecule has 0 aliphatic heterocycles. The summed E-state index contributed by atoms with van der Waals surface area (Å²) in [7, 11) is 0. The second-order valence-electron chi connectivity index (χ2n) is 4.45. The highest BCUT2D eigenvalue weighted by Gasteiger charge is 2.23. The minimum absolute atomic E-state index is 0.164. The van der Waals surface area contributed by atoms with Crippen LogP contribution in [0.2, 0.25) is 5.15 Å². The second-order valence-corrected chi connectivity index (χ2v) is 4.84. The minimum Gasteiger partial charge on any atom is -0.393 e. The Morgan fingerprint density at radius 2 is 2.00 bits per heavy atom. The van der Waals surface area contributed by atoms with Crippen LogP contribution in [-0.4, -0.2) is 31.0 Å². The van der Waals surface area contributed by atoms with E-state index in [4.69, 9.17) is 11.6 Å². The third kappa shape index (κ3) is 2.00. The second kappa shape index (κ2) is 4.23. The molecule has 1 aliphatic carbocycles. The molecule has 0 bridgehead atoms. The smallest absolute Gasteiger partial charge is 0.178 e. The Morgan fingerprint density at radius 1 is 1.24 bits per heavy atom. The fraction of sp³-hybridized carbons (Fsp3) is 0.545. The summed E-state index contributed by atoms with van der Waals surface area (Å²) in [5.41, 5.74) is 1.50. The van der Waals surface area contributed by atoms with Gasteiger partial charge in [-0.1, -0.05) is 11.6 Å². The molecular formula is C11H13ClN4O. The maximum atomic E-state index is 9.50. The Labute approximate surface area is 103 Å². The molecule has 5 nitrogen and oxygen atoms in total. The van der Waals surface area contributed by atoms with E-state index in [0.717, 1.165) is 36.8 Å². The van der Waals surface area contributed by atoms with E-state index in [2.05, 4.69) is 15.1 Å². The summed E-state index contributed by atoms with van der Waals surface area (Å²) in [6.07, 6.45) is 6.56. The zero-order valence-corrected chi connectivity index (χ0v) is 10.0. The standard InChI is InChI=1S/C11H13ClN4O/c12-10-6-13-9-5-14-16(11(9)15-10)7-1-3-8(17)4-2-7/h5-8,17H,1-4H2/t7-,8+. The number of nitrogens with zero attached hydrogens (tertiary/aromatic N) is 4. The molecule has 0 saturated heterocycles. The molecule has 0 aromatic carbocycles. The van der Waals surface area contributed by atoms with E-state index >= 15 is 0 Å². The van der Waals surface area contributed by atoms with Crippen LogP contribution >= 0.6 is 11.6 Å². The van der Waals surface area contributed by atoms with Gasteiger partial charge in [0.2, 0.25) is 0 Å². The molecular weight excluding hydrogens is 240 g/mol. The van der Waals surface area contributed by atoms with Gasteiger partial charge >= 0.3 is 0 Å². The molecule has 2 aromatic heterocycles. The summed E-state index contributed by atoms with van der Waals surface area (Å²) in [4.78, 5) is 8.45. The van der Waals surface area contributed by atoms with E-state index in [1.165, 1.54) is 6.20 Å². The number of rotatable bonds is 1. The number of aromatic nitrogens is 4. The fourth-order valence-corrected chi connectivity index (χ4v) is 2.50. The van der Waals surface area contributed by atoms with Crippen LogP contribution in [-0.2, 0) is 0 Å². The number of aliphatic hydroxyl groups excluding tert-OH is 1. The van der Waals surface area contributed by atoms with Gasteiger partial charge in [-0.15, -0.1) is 0 Å². The van der Waals surface area contributed by atoms with Crippen molar-refractivity contribution in [2.75, 3.05) is 0 Å². The lowest BCUT2D eigenvalue weighted by molar-refractivity contribution is 0.109. The molecule has 0 amide bonds. The molecule has 1 saturated carbocycles. The van der Waals surface area contributed by atoms with Crippen molar-refractivity contribution in [1.29, 1.82) is 0 Å². The van der Waals surface area contributed by atoms with Gasteiger partial charge in [0, 0.05) is 0 Å². The van der Waals surface area contributed by atoms with Gasteiger partial charge in [-0.25, -0.2) is 14.6 Å². The summed E-state index contributed by atoms with van der Waals surface area (Å²) in [5, 5.41) is 14.2. The number of fused-ring (bicyclic) bond motifs is 1. The van der Waals surface area contributed by atoms with Crippen LogP contribution in [0.25, 0.3) is 11.2 Å². The summed E-state index contributed by atoms with van der Waals surface area (Å²) < 4.78 is 1.89. The third-order valence-electron chi connectivity index (χ3n) is 3.29. The van der Waals surface area contributed by atoms with Crippen molar-refractivity contribution in [2.24, 2.45) is 0 Å².